The number of methoxy groups -OCH3 is 2. The largest absolute Gasteiger partial charge is 0.494 e. The van der Waals surface area contributed by atoms with Gasteiger partial charge in [-0.05, 0) is 36.4 Å². The fourth-order valence-electron chi connectivity index (χ4n) is 4.01. The second-order valence-electron chi connectivity index (χ2n) is 8.52. The van der Waals surface area contributed by atoms with Crippen molar-refractivity contribution in [3.63, 3.8) is 0 Å². The molecule has 0 saturated carbocycles. The van der Waals surface area contributed by atoms with E-state index in [0.717, 1.165) is 0 Å². The van der Waals surface area contributed by atoms with Crippen LogP contribution in [-0.2, 0) is 9.59 Å². The van der Waals surface area contributed by atoms with Gasteiger partial charge in [0.15, 0.2) is 0 Å². The van der Waals surface area contributed by atoms with E-state index in [9.17, 15) is 14.4 Å². The summed E-state index contributed by atoms with van der Waals surface area (Å²) in [5.74, 6) is -0.232. The van der Waals surface area contributed by atoms with Crippen molar-refractivity contribution in [3.05, 3.63) is 109 Å². The van der Waals surface area contributed by atoms with Crippen LogP contribution in [0.1, 0.15) is 23.2 Å². The molecule has 3 amide bonds. The molecule has 8 heteroatoms. The fraction of sp³-hybridized carbons (Fsp3) is 0.129. The van der Waals surface area contributed by atoms with Crippen molar-refractivity contribution < 1.29 is 23.9 Å². The van der Waals surface area contributed by atoms with E-state index in [1.807, 2.05) is 66.7 Å². The van der Waals surface area contributed by atoms with E-state index in [4.69, 9.17) is 9.47 Å². The van der Waals surface area contributed by atoms with E-state index in [2.05, 4.69) is 10.6 Å². The van der Waals surface area contributed by atoms with Crippen LogP contribution in [0.2, 0.25) is 0 Å². The third-order valence-electron chi connectivity index (χ3n) is 5.92. The van der Waals surface area contributed by atoms with Crippen molar-refractivity contribution in [2.45, 2.75) is 12.8 Å². The van der Waals surface area contributed by atoms with Crippen LogP contribution in [0.3, 0.4) is 0 Å². The van der Waals surface area contributed by atoms with Crippen LogP contribution in [0, 0.1) is 0 Å². The first-order valence-corrected chi connectivity index (χ1v) is 12.4. The molecular formula is C31H29N3O5. The number of rotatable bonds is 10. The molecule has 4 rings (SSSR count). The number of hydrogen-bond acceptors (Lipinski definition) is 5. The van der Waals surface area contributed by atoms with E-state index >= 15 is 0 Å². The van der Waals surface area contributed by atoms with Crippen LogP contribution < -0.4 is 25.0 Å². The smallest absolute Gasteiger partial charge is 0.255 e. The first-order chi connectivity index (χ1) is 19.0. The number of amides is 3. The number of para-hydroxylation sites is 2. The number of ether oxygens (including phenoxy) is 2. The summed E-state index contributed by atoms with van der Waals surface area (Å²) in [7, 11) is 2.92. The highest BCUT2D eigenvalue weighted by Crippen LogP contribution is 2.37. The topological polar surface area (TPSA) is 97.0 Å². The fourth-order valence-corrected chi connectivity index (χ4v) is 4.01. The molecule has 198 valence electrons. The summed E-state index contributed by atoms with van der Waals surface area (Å²) in [6, 6.07) is 30.5. The minimum Gasteiger partial charge on any atom is -0.494 e. The standard InChI is InChI=1S/C31H29N3O5/c1-38-27-21-26(33-31(37)22-12-6-3-7-13-22)28(39-2)20-25(27)32-29(35)18-19-30(36)34(23-14-8-4-9-15-23)24-16-10-5-11-17-24/h3-17,20-21H,18-19H2,1-2H3,(H,32,35)(H,33,37). The van der Waals surface area contributed by atoms with Gasteiger partial charge >= 0.3 is 0 Å². The molecule has 39 heavy (non-hydrogen) atoms. The van der Waals surface area contributed by atoms with Gasteiger partial charge in [-0.15, -0.1) is 0 Å². The van der Waals surface area contributed by atoms with Gasteiger partial charge in [-0.25, -0.2) is 0 Å². The molecule has 0 aliphatic carbocycles. The molecule has 0 heterocycles. The van der Waals surface area contributed by atoms with Crippen LogP contribution in [0.15, 0.2) is 103 Å². The number of nitrogens with one attached hydrogen (secondary N) is 2. The maximum absolute atomic E-state index is 13.2. The molecule has 0 aliphatic heterocycles. The highest BCUT2D eigenvalue weighted by atomic mass is 16.5. The quantitative estimate of drug-likeness (QED) is 0.264. The molecule has 0 aromatic heterocycles. The molecule has 2 N–H and O–H groups in total. The zero-order valence-corrected chi connectivity index (χ0v) is 21.7. The summed E-state index contributed by atoms with van der Waals surface area (Å²) in [4.78, 5) is 40.4. The number of anilines is 4. The first-order valence-electron chi connectivity index (χ1n) is 12.4. The Kier molecular flexibility index (Phi) is 8.92. The summed E-state index contributed by atoms with van der Waals surface area (Å²) in [5, 5.41) is 5.60. The SMILES string of the molecule is COc1cc(NC(=O)c2ccccc2)c(OC)cc1NC(=O)CCC(=O)N(c1ccccc1)c1ccccc1. The summed E-state index contributed by atoms with van der Waals surface area (Å²) < 4.78 is 10.9. The van der Waals surface area contributed by atoms with E-state index in [1.165, 1.54) is 14.2 Å². The summed E-state index contributed by atoms with van der Waals surface area (Å²) in [6.07, 6.45) is -0.0622. The van der Waals surface area contributed by atoms with Crippen molar-refractivity contribution in [1.82, 2.24) is 0 Å². The van der Waals surface area contributed by atoms with Crippen LogP contribution in [0.4, 0.5) is 22.7 Å². The Morgan fingerprint density at radius 1 is 0.641 bits per heavy atom. The Morgan fingerprint density at radius 2 is 1.10 bits per heavy atom. The highest BCUT2D eigenvalue weighted by molar-refractivity contribution is 6.06. The van der Waals surface area contributed by atoms with Crippen LogP contribution in [0.25, 0.3) is 0 Å². The lowest BCUT2D eigenvalue weighted by atomic mass is 10.1. The Morgan fingerprint density at radius 3 is 1.59 bits per heavy atom. The molecule has 4 aromatic rings. The van der Waals surface area contributed by atoms with Crippen LogP contribution >= 0.6 is 0 Å². The Balaban J connectivity index is 1.46. The van der Waals surface area contributed by atoms with E-state index in [1.54, 1.807) is 41.3 Å². The van der Waals surface area contributed by atoms with Crippen molar-refractivity contribution in [1.29, 1.82) is 0 Å². The lowest BCUT2D eigenvalue weighted by Crippen LogP contribution is -2.27. The van der Waals surface area contributed by atoms with Gasteiger partial charge < -0.3 is 20.1 Å². The van der Waals surface area contributed by atoms with E-state index in [-0.39, 0.29) is 30.6 Å². The number of carbonyl (C=O) groups is 3. The molecule has 0 fully saturated rings. The van der Waals surface area contributed by atoms with Gasteiger partial charge in [0, 0.05) is 41.9 Å². The lowest BCUT2D eigenvalue weighted by molar-refractivity contribution is -0.122. The molecule has 4 aromatic carbocycles. The summed E-state index contributed by atoms with van der Waals surface area (Å²) in [6.45, 7) is 0. The van der Waals surface area contributed by atoms with Gasteiger partial charge in [-0.2, -0.15) is 0 Å². The van der Waals surface area contributed by atoms with Gasteiger partial charge in [0.1, 0.15) is 11.5 Å². The molecule has 0 radical (unpaired) electrons. The normalized spacial score (nSPS) is 10.3. The van der Waals surface area contributed by atoms with Gasteiger partial charge in [-0.1, -0.05) is 54.6 Å². The number of benzene rings is 4. The molecule has 0 spiro atoms. The third kappa shape index (κ3) is 6.81. The Labute approximate surface area is 227 Å². The van der Waals surface area contributed by atoms with Crippen molar-refractivity contribution in [2.24, 2.45) is 0 Å². The Hall–Kier alpha value is -5.11. The second-order valence-corrected chi connectivity index (χ2v) is 8.52. The molecule has 0 bridgehead atoms. The number of nitrogens with zero attached hydrogens (tertiary/aromatic N) is 1. The third-order valence-corrected chi connectivity index (χ3v) is 5.92. The number of carbonyl (C=O) groups excluding carboxylic acids is 3. The average Bonchev–Trinajstić information content (AvgIpc) is 2.98. The summed E-state index contributed by atoms with van der Waals surface area (Å²) >= 11 is 0. The van der Waals surface area contributed by atoms with Gasteiger partial charge in [-0.3, -0.25) is 19.3 Å². The molecule has 0 unspecified atom stereocenters. The second kappa shape index (κ2) is 12.9. The van der Waals surface area contributed by atoms with Gasteiger partial charge in [0.05, 0.1) is 25.6 Å². The van der Waals surface area contributed by atoms with Gasteiger partial charge in [0.25, 0.3) is 5.91 Å². The van der Waals surface area contributed by atoms with E-state index in [0.29, 0.717) is 39.8 Å². The Bertz CT molecular complexity index is 1390. The minimum absolute atomic E-state index is 0.0136. The molecule has 0 aliphatic rings. The molecule has 0 atom stereocenters. The van der Waals surface area contributed by atoms with Crippen LogP contribution in [-0.4, -0.2) is 31.9 Å². The predicted molar refractivity (Wildman–Crippen MR) is 152 cm³/mol. The summed E-state index contributed by atoms with van der Waals surface area (Å²) in [5.41, 5.74) is 2.66. The zero-order chi connectivity index (χ0) is 27.6. The maximum Gasteiger partial charge on any atom is 0.255 e. The van der Waals surface area contributed by atoms with Gasteiger partial charge in [0.2, 0.25) is 11.8 Å². The van der Waals surface area contributed by atoms with Crippen LogP contribution in [0.5, 0.6) is 11.5 Å². The van der Waals surface area contributed by atoms with E-state index < -0.39 is 0 Å². The number of hydrogen-bond donors (Lipinski definition) is 2. The molecule has 0 saturated heterocycles. The molecular weight excluding hydrogens is 494 g/mol. The molecule has 8 nitrogen and oxygen atoms in total. The zero-order valence-electron chi connectivity index (χ0n) is 21.7. The van der Waals surface area contributed by atoms with Crippen molar-refractivity contribution in [3.8, 4) is 11.5 Å². The minimum atomic E-state index is -0.370. The monoisotopic (exact) mass is 523 g/mol. The first kappa shape index (κ1) is 26.9. The average molecular weight is 524 g/mol. The lowest BCUT2D eigenvalue weighted by Gasteiger charge is -2.23. The highest BCUT2D eigenvalue weighted by Gasteiger charge is 2.20. The van der Waals surface area contributed by atoms with Crippen molar-refractivity contribution in [2.75, 3.05) is 29.8 Å². The van der Waals surface area contributed by atoms with Crippen molar-refractivity contribution >= 4 is 40.5 Å². The maximum atomic E-state index is 13.2. The predicted octanol–water partition coefficient (Wildman–Crippen LogP) is 6.04.